The van der Waals surface area contributed by atoms with Crippen LogP contribution in [0.2, 0.25) is 0 Å². The number of allylic oxidation sites excluding steroid dienone is 1. The molecule has 0 heterocycles. The Labute approximate surface area is 117 Å². The molecule has 2 aromatic carbocycles. The summed E-state index contributed by atoms with van der Waals surface area (Å²) in [6.45, 7) is 1.91. The summed E-state index contributed by atoms with van der Waals surface area (Å²) in [4.78, 5) is 10.7. The van der Waals surface area contributed by atoms with E-state index < -0.39 is 5.97 Å². The van der Waals surface area contributed by atoms with Crippen LogP contribution in [-0.2, 0) is 4.79 Å². The number of hydrogen-bond donors (Lipinski definition) is 1. The molecule has 0 aliphatic rings. The molecule has 0 bridgehead atoms. The van der Waals surface area contributed by atoms with Crippen LogP contribution in [0.1, 0.15) is 18.9 Å². The standard InChI is InChI=1S/C17H15FO2/c1-2-12(11-17(19)20)13-6-8-14(9-7-13)15-4-3-5-16(18)10-15/h3-11H,2H2,1H3,(H,19,20)/b12-11+. The molecule has 2 aromatic rings. The highest BCUT2D eigenvalue weighted by Crippen LogP contribution is 2.24. The van der Waals surface area contributed by atoms with E-state index in [4.69, 9.17) is 5.11 Å². The second-order valence-corrected chi connectivity index (χ2v) is 4.45. The summed E-state index contributed by atoms with van der Waals surface area (Å²) in [5.41, 5.74) is 3.34. The van der Waals surface area contributed by atoms with Crippen LogP contribution in [0.15, 0.2) is 54.6 Å². The topological polar surface area (TPSA) is 37.3 Å². The van der Waals surface area contributed by atoms with Gasteiger partial charge in [-0.2, -0.15) is 0 Å². The zero-order valence-electron chi connectivity index (χ0n) is 11.1. The van der Waals surface area contributed by atoms with Gasteiger partial charge < -0.3 is 5.11 Å². The summed E-state index contributed by atoms with van der Waals surface area (Å²) >= 11 is 0. The van der Waals surface area contributed by atoms with E-state index in [1.807, 2.05) is 37.3 Å². The van der Waals surface area contributed by atoms with Crippen molar-refractivity contribution in [3.8, 4) is 11.1 Å². The van der Waals surface area contributed by atoms with Crippen molar-refractivity contribution in [3.63, 3.8) is 0 Å². The number of rotatable bonds is 4. The van der Waals surface area contributed by atoms with Crippen LogP contribution in [0.25, 0.3) is 16.7 Å². The average molecular weight is 270 g/mol. The van der Waals surface area contributed by atoms with Crippen LogP contribution in [0.4, 0.5) is 4.39 Å². The molecule has 102 valence electrons. The molecule has 0 aliphatic carbocycles. The van der Waals surface area contributed by atoms with Crippen LogP contribution in [0.5, 0.6) is 0 Å². The molecule has 2 nitrogen and oxygen atoms in total. The number of hydrogen-bond acceptors (Lipinski definition) is 1. The molecule has 0 aromatic heterocycles. The van der Waals surface area contributed by atoms with E-state index in [-0.39, 0.29) is 5.82 Å². The molecule has 20 heavy (non-hydrogen) atoms. The van der Waals surface area contributed by atoms with Gasteiger partial charge >= 0.3 is 5.97 Å². The van der Waals surface area contributed by atoms with Gasteiger partial charge in [-0.3, -0.25) is 0 Å². The number of carboxylic acid groups (broad SMARTS) is 1. The van der Waals surface area contributed by atoms with E-state index in [1.165, 1.54) is 18.2 Å². The first-order valence-corrected chi connectivity index (χ1v) is 6.40. The fourth-order valence-corrected chi connectivity index (χ4v) is 2.08. The minimum Gasteiger partial charge on any atom is -0.478 e. The van der Waals surface area contributed by atoms with Crippen LogP contribution in [0.3, 0.4) is 0 Å². The van der Waals surface area contributed by atoms with Gasteiger partial charge in [-0.05, 0) is 40.8 Å². The van der Waals surface area contributed by atoms with E-state index in [0.717, 1.165) is 22.3 Å². The van der Waals surface area contributed by atoms with Crippen molar-refractivity contribution >= 4 is 11.5 Å². The highest BCUT2D eigenvalue weighted by Gasteiger charge is 2.04. The summed E-state index contributed by atoms with van der Waals surface area (Å²) in [6, 6.07) is 13.8. The largest absolute Gasteiger partial charge is 0.478 e. The Bertz CT molecular complexity index is 642. The van der Waals surface area contributed by atoms with Crippen molar-refractivity contribution in [2.24, 2.45) is 0 Å². The Morgan fingerprint density at radius 3 is 2.40 bits per heavy atom. The van der Waals surface area contributed by atoms with E-state index in [0.29, 0.717) is 6.42 Å². The van der Waals surface area contributed by atoms with Gasteiger partial charge in [-0.15, -0.1) is 0 Å². The van der Waals surface area contributed by atoms with Gasteiger partial charge in [0.1, 0.15) is 5.82 Å². The predicted molar refractivity (Wildman–Crippen MR) is 77.7 cm³/mol. The maximum Gasteiger partial charge on any atom is 0.328 e. The summed E-state index contributed by atoms with van der Waals surface area (Å²) in [5, 5.41) is 8.82. The molecule has 0 saturated carbocycles. The third-order valence-corrected chi connectivity index (χ3v) is 3.09. The lowest BCUT2D eigenvalue weighted by atomic mass is 9.99. The van der Waals surface area contributed by atoms with Crippen LogP contribution in [0, 0.1) is 5.82 Å². The molecule has 0 radical (unpaired) electrons. The van der Waals surface area contributed by atoms with E-state index >= 15 is 0 Å². The van der Waals surface area contributed by atoms with Crippen molar-refractivity contribution in [3.05, 3.63) is 66.0 Å². The summed E-state index contributed by atoms with van der Waals surface area (Å²) in [7, 11) is 0. The van der Waals surface area contributed by atoms with E-state index in [2.05, 4.69) is 0 Å². The maximum atomic E-state index is 13.2. The van der Waals surface area contributed by atoms with Crippen LogP contribution < -0.4 is 0 Å². The minimum atomic E-state index is -0.948. The third-order valence-electron chi connectivity index (χ3n) is 3.09. The fraction of sp³-hybridized carbons (Fsp3) is 0.118. The first-order chi connectivity index (χ1) is 9.60. The lowest BCUT2D eigenvalue weighted by Gasteiger charge is -2.06. The Hall–Kier alpha value is -2.42. The van der Waals surface area contributed by atoms with Crippen molar-refractivity contribution < 1.29 is 14.3 Å². The molecule has 0 fully saturated rings. The van der Waals surface area contributed by atoms with E-state index in [1.54, 1.807) is 6.07 Å². The number of carboxylic acids is 1. The number of benzene rings is 2. The molecule has 0 amide bonds. The Morgan fingerprint density at radius 2 is 1.85 bits per heavy atom. The lowest BCUT2D eigenvalue weighted by molar-refractivity contribution is -0.131. The Morgan fingerprint density at radius 1 is 1.15 bits per heavy atom. The van der Waals surface area contributed by atoms with Crippen molar-refractivity contribution in [2.75, 3.05) is 0 Å². The molecule has 0 spiro atoms. The van der Waals surface area contributed by atoms with Gasteiger partial charge in [0.15, 0.2) is 0 Å². The van der Waals surface area contributed by atoms with Crippen molar-refractivity contribution in [1.82, 2.24) is 0 Å². The quantitative estimate of drug-likeness (QED) is 0.837. The zero-order chi connectivity index (χ0) is 14.5. The van der Waals surface area contributed by atoms with Crippen molar-refractivity contribution in [1.29, 1.82) is 0 Å². The molecule has 3 heteroatoms. The van der Waals surface area contributed by atoms with Gasteiger partial charge in [0.05, 0.1) is 0 Å². The zero-order valence-corrected chi connectivity index (χ0v) is 11.1. The predicted octanol–water partition coefficient (Wildman–Crippen LogP) is 4.37. The van der Waals surface area contributed by atoms with Gasteiger partial charge in [0, 0.05) is 6.08 Å². The molecule has 1 N–H and O–H groups in total. The first kappa shape index (κ1) is 14.0. The molecular formula is C17H15FO2. The normalized spacial score (nSPS) is 11.4. The monoisotopic (exact) mass is 270 g/mol. The van der Waals surface area contributed by atoms with E-state index in [9.17, 15) is 9.18 Å². The first-order valence-electron chi connectivity index (χ1n) is 6.40. The smallest absolute Gasteiger partial charge is 0.328 e. The number of carbonyl (C=O) groups is 1. The van der Waals surface area contributed by atoms with Gasteiger partial charge in [-0.25, -0.2) is 9.18 Å². The maximum absolute atomic E-state index is 13.2. The highest BCUT2D eigenvalue weighted by atomic mass is 19.1. The molecular weight excluding hydrogens is 255 g/mol. The van der Waals surface area contributed by atoms with Crippen LogP contribution >= 0.6 is 0 Å². The molecule has 0 atom stereocenters. The third kappa shape index (κ3) is 3.32. The highest BCUT2D eigenvalue weighted by molar-refractivity contribution is 5.90. The summed E-state index contributed by atoms with van der Waals surface area (Å²) in [6.07, 6.45) is 1.86. The fourth-order valence-electron chi connectivity index (χ4n) is 2.08. The minimum absolute atomic E-state index is 0.272. The van der Waals surface area contributed by atoms with Gasteiger partial charge in [-0.1, -0.05) is 43.3 Å². The molecule has 0 aliphatic heterocycles. The summed E-state index contributed by atoms with van der Waals surface area (Å²) < 4.78 is 13.2. The SMILES string of the molecule is CC/C(=C\C(=O)O)c1ccc(-c2cccc(F)c2)cc1. The number of halogens is 1. The average Bonchev–Trinajstić information content (AvgIpc) is 2.45. The molecule has 0 saturated heterocycles. The Kier molecular flexibility index (Phi) is 4.31. The lowest BCUT2D eigenvalue weighted by Crippen LogP contribution is -1.92. The van der Waals surface area contributed by atoms with Gasteiger partial charge in [0.2, 0.25) is 0 Å². The second kappa shape index (κ2) is 6.15. The molecule has 2 rings (SSSR count). The second-order valence-electron chi connectivity index (χ2n) is 4.45. The molecule has 0 unspecified atom stereocenters. The van der Waals surface area contributed by atoms with Crippen LogP contribution in [-0.4, -0.2) is 11.1 Å². The van der Waals surface area contributed by atoms with Gasteiger partial charge in [0.25, 0.3) is 0 Å². The number of aliphatic carboxylic acids is 1. The van der Waals surface area contributed by atoms with Crippen molar-refractivity contribution in [2.45, 2.75) is 13.3 Å². The Balaban J connectivity index is 2.33. The summed E-state index contributed by atoms with van der Waals surface area (Å²) in [5.74, 6) is -1.22.